The number of amides is 2. The maximum Gasteiger partial charge on any atom is 0.328 e. The molecule has 3 saturated heterocycles. The van der Waals surface area contributed by atoms with E-state index in [-0.39, 0.29) is 24.3 Å². The Hall–Kier alpha value is -2.49. The number of fused-ring (bicyclic) bond motifs is 2. The Morgan fingerprint density at radius 3 is 2.42 bits per heavy atom. The molecular weight excluding hydrogens is 426 g/mol. The monoisotopic (exact) mass is 459 g/mol. The fraction of sp³-hybridized carbons (Fsp3) is 0.625. The standard InChI is InChI=1S/C24H33N3O6/c1-16(2)13-18(24(30)31-3)27-15-19-32-20(21(33-19)23(27)29)22(28)26-11-9-25(10-12-26)14-17-7-5-4-6-8-17/h4-8,16,18-21H,9-15H2,1-3H3/t18-,19+,20-,21+/m0/s1. The summed E-state index contributed by atoms with van der Waals surface area (Å²) in [6.45, 7) is 7.55. The molecule has 2 bridgehead atoms. The van der Waals surface area contributed by atoms with E-state index in [4.69, 9.17) is 14.2 Å². The molecule has 9 heteroatoms. The van der Waals surface area contributed by atoms with Crippen molar-refractivity contribution in [3.05, 3.63) is 35.9 Å². The average molecular weight is 460 g/mol. The van der Waals surface area contributed by atoms with E-state index in [9.17, 15) is 14.4 Å². The number of esters is 1. The molecule has 0 N–H and O–H groups in total. The lowest BCUT2D eigenvalue weighted by Gasteiger charge is -2.37. The molecule has 9 nitrogen and oxygen atoms in total. The second-order valence-corrected chi connectivity index (χ2v) is 9.29. The maximum atomic E-state index is 13.2. The van der Waals surface area contributed by atoms with Gasteiger partial charge < -0.3 is 24.0 Å². The summed E-state index contributed by atoms with van der Waals surface area (Å²) >= 11 is 0. The molecule has 1 aromatic carbocycles. The van der Waals surface area contributed by atoms with Crippen molar-refractivity contribution in [2.45, 2.75) is 51.4 Å². The van der Waals surface area contributed by atoms with E-state index < -0.39 is 30.5 Å². The highest BCUT2D eigenvalue weighted by Gasteiger charge is 2.54. The van der Waals surface area contributed by atoms with E-state index in [0.29, 0.717) is 19.5 Å². The van der Waals surface area contributed by atoms with Crippen molar-refractivity contribution in [3.8, 4) is 0 Å². The number of hydrogen-bond donors (Lipinski definition) is 0. The lowest BCUT2D eigenvalue weighted by Crippen LogP contribution is -2.58. The molecule has 0 radical (unpaired) electrons. The van der Waals surface area contributed by atoms with Crippen molar-refractivity contribution in [3.63, 3.8) is 0 Å². The molecule has 0 saturated carbocycles. The van der Waals surface area contributed by atoms with Crippen LogP contribution in [0.15, 0.2) is 30.3 Å². The first kappa shape index (κ1) is 23.7. The van der Waals surface area contributed by atoms with Gasteiger partial charge in [0.1, 0.15) is 6.04 Å². The summed E-state index contributed by atoms with van der Waals surface area (Å²) in [5.74, 6) is -0.889. The van der Waals surface area contributed by atoms with Gasteiger partial charge in [-0.2, -0.15) is 0 Å². The lowest BCUT2D eigenvalue weighted by atomic mass is 10.0. The summed E-state index contributed by atoms with van der Waals surface area (Å²) in [5.41, 5.74) is 1.24. The van der Waals surface area contributed by atoms with Crippen LogP contribution in [0.2, 0.25) is 0 Å². The zero-order chi connectivity index (χ0) is 23.5. The van der Waals surface area contributed by atoms with E-state index in [1.54, 1.807) is 4.90 Å². The van der Waals surface area contributed by atoms with Gasteiger partial charge in [-0.15, -0.1) is 0 Å². The van der Waals surface area contributed by atoms with Crippen molar-refractivity contribution >= 4 is 17.8 Å². The normalized spacial score (nSPS) is 26.5. The van der Waals surface area contributed by atoms with Crippen LogP contribution >= 0.6 is 0 Å². The molecule has 1 aromatic rings. The number of piperazine rings is 1. The predicted octanol–water partition coefficient (Wildman–Crippen LogP) is 0.871. The number of hydrogen-bond acceptors (Lipinski definition) is 7. The molecule has 180 valence electrons. The first-order valence-corrected chi connectivity index (χ1v) is 11.6. The highest BCUT2D eigenvalue weighted by molar-refractivity contribution is 5.94. The largest absolute Gasteiger partial charge is 0.467 e. The summed E-state index contributed by atoms with van der Waals surface area (Å²) in [5, 5.41) is 0. The molecule has 3 aliphatic rings. The van der Waals surface area contributed by atoms with Gasteiger partial charge in [0.2, 0.25) is 0 Å². The Balaban J connectivity index is 1.37. The summed E-state index contributed by atoms with van der Waals surface area (Å²) in [7, 11) is 1.31. The number of carbonyl (C=O) groups excluding carboxylic acids is 3. The van der Waals surface area contributed by atoms with Gasteiger partial charge in [-0.3, -0.25) is 14.5 Å². The number of morpholine rings is 1. The van der Waals surface area contributed by atoms with Gasteiger partial charge >= 0.3 is 5.97 Å². The van der Waals surface area contributed by atoms with Gasteiger partial charge in [-0.25, -0.2) is 4.79 Å². The number of nitrogens with zero attached hydrogens (tertiary/aromatic N) is 3. The van der Waals surface area contributed by atoms with E-state index in [0.717, 1.165) is 19.6 Å². The van der Waals surface area contributed by atoms with Crippen LogP contribution in [0.25, 0.3) is 0 Å². The van der Waals surface area contributed by atoms with E-state index in [2.05, 4.69) is 17.0 Å². The Bertz CT molecular complexity index is 855. The van der Waals surface area contributed by atoms with Crippen LogP contribution in [0.4, 0.5) is 0 Å². The second-order valence-electron chi connectivity index (χ2n) is 9.29. The summed E-state index contributed by atoms with van der Waals surface area (Å²) in [6, 6.07) is 9.53. The lowest BCUT2D eigenvalue weighted by molar-refractivity contribution is -0.174. The minimum absolute atomic E-state index is 0.108. The third kappa shape index (κ3) is 5.20. The van der Waals surface area contributed by atoms with Crippen LogP contribution in [0.3, 0.4) is 0 Å². The second kappa shape index (κ2) is 10.2. The molecule has 3 aliphatic heterocycles. The van der Waals surface area contributed by atoms with Crippen LogP contribution in [-0.2, 0) is 35.1 Å². The molecule has 3 fully saturated rings. The van der Waals surface area contributed by atoms with Crippen molar-refractivity contribution in [1.82, 2.24) is 14.7 Å². The third-order valence-electron chi connectivity index (χ3n) is 6.46. The van der Waals surface area contributed by atoms with Gasteiger partial charge in [0.15, 0.2) is 18.5 Å². The Morgan fingerprint density at radius 1 is 1.09 bits per heavy atom. The highest BCUT2D eigenvalue weighted by Crippen LogP contribution is 2.31. The Kier molecular flexibility index (Phi) is 7.31. The Labute approximate surface area is 194 Å². The summed E-state index contributed by atoms with van der Waals surface area (Å²) < 4.78 is 16.5. The van der Waals surface area contributed by atoms with E-state index in [1.807, 2.05) is 32.0 Å². The topological polar surface area (TPSA) is 88.6 Å². The van der Waals surface area contributed by atoms with Crippen molar-refractivity contribution in [1.29, 1.82) is 0 Å². The highest BCUT2D eigenvalue weighted by atomic mass is 16.7. The van der Waals surface area contributed by atoms with E-state index in [1.165, 1.54) is 17.6 Å². The summed E-state index contributed by atoms with van der Waals surface area (Å²) in [6.07, 6.45) is -2.26. The molecule has 33 heavy (non-hydrogen) atoms. The van der Waals surface area contributed by atoms with Gasteiger partial charge in [-0.1, -0.05) is 44.2 Å². The van der Waals surface area contributed by atoms with Crippen LogP contribution in [0.5, 0.6) is 0 Å². The molecule has 0 aliphatic carbocycles. The number of methoxy groups -OCH3 is 1. The zero-order valence-corrected chi connectivity index (χ0v) is 19.5. The minimum Gasteiger partial charge on any atom is -0.467 e. The zero-order valence-electron chi connectivity index (χ0n) is 19.5. The molecule has 0 unspecified atom stereocenters. The minimum atomic E-state index is -1.03. The number of ether oxygens (including phenoxy) is 3. The van der Waals surface area contributed by atoms with Crippen LogP contribution in [0.1, 0.15) is 25.8 Å². The molecule has 3 heterocycles. The van der Waals surface area contributed by atoms with Gasteiger partial charge in [-0.05, 0) is 17.9 Å². The van der Waals surface area contributed by atoms with Crippen molar-refractivity contribution < 1.29 is 28.6 Å². The van der Waals surface area contributed by atoms with Gasteiger partial charge in [0, 0.05) is 32.7 Å². The first-order valence-electron chi connectivity index (χ1n) is 11.6. The number of benzene rings is 1. The smallest absolute Gasteiger partial charge is 0.328 e. The maximum absolute atomic E-state index is 13.2. The first-order chi connectivity index (χ1) is 15.9. The van der Waals surface area contributed by atoms with E-state index >= 15 is 0 Å². The average Bonchev–Trinajstić information content (AvgIpc) is 3.19. The molecule has 2 amide bonds. The van der Waals surface area contributed by atoms with Crippen LogP contribution < -0.4 is 0 Å². The SMILES string of the molecule is COC(=O)[C@H](CC(C)C)N1C[C@@H]2O[C@H](C(=O)N3CCN(Cc4ccccc4)CC3)[C@@H](O2)C1=O. The quantitative estimate of drug-likeness (QED) is 0.559. The van der Waals surface area contributed by atoms with Gasteiger partial charge in [0.25, 0.3) is 11.8 Å². The molecular formula is C24H33N3O6. The predicted molar refractivity (Wildman–Crippen MR) is 119 cm³/mol. The fourth-order valence-corrected chi connectivity index (χ4v) is 4.74. The third-order valence-corrected chi connectivity index (χ3v) is 6.46. The number of carbonyl (C=O) groups is 3. The molecule has 0 aromatic heterocycles. The van der Waals surface area contributed by atoms with Crippen LogP contribution in [0, 0.1) is 5.92 Å². The van der Waals surface area contributed by atoms with Crippen molar-refractivity contribution in [2.75, 3.05) is 39.8 Å². The summed E-state index contributed by atoms with van der Waals surface area (Å²) in [4.78, 5) is 44.4. The van der Waals surface area contributed by atoms with Crippen LogP contribution in [-0.4, -0.2) is 96.9 Å². The Morgan fingerprint density at radius 2 is 1.79 bits per heavy atom. The molecule has 4 atom stereocenters. The van der Waals surface area contributed by atoms with Gasteiger partial charge in [0.05, 0.1) is 13.7 Å². The van der Waals surface area contributed by atoms with Crippen molar-refractivity contribution in [2.24, 2.45) is 5.92 Å². The molecule has 0 spiro atoms. The number of rotatable bonds is 7. The molecule has 4 rings (SSSR count). The fourth-order valence-electron chi connectivity index (χ4n) is 4.74.